The third-order valence-corrected chi connectivity index (χ3v) is 2.96. The topological polar surface area (TPSA) is 72.6 Å². The van der Waals surface area contributed by atoms with Gasteiger partial charge in [0.2, 0.25) is 11.8 Å². The zero-order valence-electron chi connectivity index (χ0n) is 10.3. The van der Waals surface area contributed by atoms with Crippen molar-refractivity contribution in [2.24, 2.45) is 5.92 Å². The lowest BCUT2D eigenvalue weighted by Gasteiger charge is -2.15. The number of carbonyl (C=O) groups excluding carboxylic acids is 2. The summed E-state index contributed by atoms with van der Waals surface area (Å²) in [6.45, 7) is 2.30. The van der Waals surface area contributed by atoms with Crippen molar-refractivity contribution < 1.29 is 14.3 Å². The first-order valence-corrected chi connectivity index (χ1v) is 5.91. The van der Waals surface area contributed by atoms with E-state index in [1.54, 1.807) is 19.1 Å². The fourth-order valence-electron chi connectivity index (χ4n) is 1.94. The van der Waals surface area contributed by atoms with E-state index >= 15 is 0 Å². The van der Waals surface area contributed by atoms with Gasteiger partial charge in [0.05, 0.1) is 12.2 Å². The Morgan fingerprint density at radius 3 is 2.72 bits per heavy atom. The summed E-state index contributed by atoms with van der Waals surface area (Å²) in [5, 5.41) is 0. The molecule has 0 aromatic heterocycles. The van der Waals surface area contributed by atoms with Crippen molar-refractivity contribution in [1.29, 1.82) is 0 Å². The number of amides is 2. The van der Waals surface area contributed by atoms with Gasteiger partial charge in [0.15, 0.2) is 0 Å². The number of ether oxygens (including phenoxy) is 1. The number of anilines is 1. The standard InChI is InChI=1S/C13H16N2O3/c1-9-8-12(16)15(13(9)17)6-7-18-11-5-3-2-4-10(11)14/h2-5,9H,6-8,14H2,1H3. The Kier molecular flexibility index (Phi) is 3.50. The van der Waals surface area contributed by atoms with Crippen molar-refractivity contribution in [2.45, 2.75) is 13.3 Å². The first kappa shape index (κ1) is 12.4. The van der Waals surface area contributed by atoms with Gasteiger partial charge in [-0.3, -0.25) is 14.5 Å². The maximum absolute atomic E-state index is 11.6. The summed E-state index contributed by atoms with van der Waals surface area (Å²) >= 11 is 0. The molecule has 1 saturated heterocycles. The highest BCUT2D eigenvalue weighted by Gasteiger charge is 2.35. The van der Waals surface area contributed by atoms with Crippen LogP contribution < -0.4 is 10.5 Å². The van der Waals surface area contributed by atoms with Gasteiger partial charge in [0, 0.05) is 12.3 Å². The summed E-state index contributed by atoms with van der Waals surface area (Å²) in [4.78, 5) is 24.4. The van der Waals surface area contributed by atoms with Crippen LogP contribution >= 0.6 is 0 Å². The molecule has 1 heterocycles. The summed E-state index contributed by atoms with van der Waals surface area (Å²) in [5.74, 6) is 0.116. The third kappa shape index (κ3) is 2.45. The van der Waals surface area contributed by atoms with Crippen LogP contribution in [-0.4, -0.2) is 29.9 Å². The maximum Gasteiger partial charge on any atom is 0.232 e. The lowest BCUT2D eigenvalue weighted by molar-refractivity contribution is -0.139. The van der Waals surface area contributed by atoms with Crippen molar-refractivity contribution in [3.63, 3.8) is 0 Å². The smallest absolute Gasteiger partial charge is 0.232 e. The molecule has 0 aliphatic carbocycles. The second kappa shape index (κ2) is 5.08. The molecule has 0 radical (unpaired) electrons. The van der Waals surface area contributed by atoms with Gasteiger partial charge < -0.3 is 10.5 Å². The highest BCUT2D eigenvalue weighted by atomic mass is 16.5. The van der Waals surface area contributed by atoms with Crippen LogP contribution in [0.2, 0.25) is 0 Å². The van der Waals surface area contributed by atoms with E-state index in [0.717, 1.165) is 0 Å². The number of benzene rings is 1. The van der Waals surface area contributed by atoms with Crippen molar-refractivity contribution >= 4 is 17.5 Å². The summed E-state index contributed by atoms with van der Waals surface area (Å²) < 4.78 is 5.46. The molecule has 0 saturated carbocycles. The quantitative estimate of drug-likeness (QED) is 0.638. The Labute approximate surface area is 106 Å². The molecule has 1 atom stereocenters. The maximum atomic E-state index is 11.6. The van der Waals surface area contributed by atoms with E-state index in [9.17, 15) is 9.59 Å². The van der Waals surface area contributed by atoms with Crippen LogP contribution in [0.25, 0.3) is 0 Å². The molecule has 0 spiro atoms. The largest absolute Gasteiger partial charge is 0.490 e. The molecule has 18 heavy (non-hydrogen) atoms. The monoisotopic (exact) mass is 248 g/mol. The lowest BCUT2D eigenvalue weighted by atomic mass is 10.1. The van der Waals surface area contributed by atoms with Crippen LogP contribution in [0, 0.1) is 5.92 Å². The normalized spacial score (nSPS) is 19.4. The number of likely N-dealkylation sites (tertiary alicyclic amines) is 1. The van der Waals surface area contributed by atoms with Crippen LogP contribution in [0.1, 0.15) is 13.3 Å². The summed E-state index contributed by atoms with van der Waals surface area (Å²) in [5.41, 5.74) is 6.27. The van der Waals surface area contributed by atoms with Gasteiger partial charge in [-0.1, -0.05) is 19.1 Å². The molecule has 2 amide bonds. The van der Waals surface area contributed by atoms with E-state index in [0.29, 0.717) is 17.9 Å². The van der Waals surface area contributed by atoms with Crippen molar-refractivity contribution in [3.8, 4) is 5.75 Å². The van der Waals surface area contributed by atoms with E-state index in [1.807, 2.05) is 12.1 Å². The van der Waals surface area contributed by atoms with Gasteiger partial charge in [0.1, 0.15) is 12.4 Å². The lowest BCUT2D eigenvalue weighted by Crippen LogP contribution is -2.34. The molecule has 0 bridgehead atoms. The minimum Gasteiger partial charge on any atom is -0.490 e. The first-order chi connectivity index (χ1) is 8.59. The van der Waals surface area contributed by atoms with Gasteiger partial charge in [-0.25, -0.2) is 0 Å². The zero-order valence-corrected chi connectivity index (χ0v) is 10.3. The Hall–Kier alpha value is -2.04. The van der Waals surface area contributed by atoms with Crippen LogP contribution in [0.5, 0.6) is 5.75 Å². The third-order valence-electron chi connectivity index (χ3n) is 2.96. The van der Waals surface area contributed by atoms with E-state index in [1.165, 1.54) is 4.90 Å². The summed E-state index contributed by atoms with van der Waals surface area (Å²) in [7, 11) is 0. The number of nitrogens with two attached hydrogens (primary N) is 1. The van der Waals surface area contributed by atoms with Crippen molar-refractivity contribution in [3.05, 3.63) is 24.3 Å². The molecule has 5 nitrogen and oxygen atoms in total. The van der Waals surface area contributed by atoms with E-state index in [2.05, 4.69) is 0 Å². The highest BCUT2D eigenvalue weighted by Crippen LogP contribution is 2.21. The number of carbonyl (C=O) groups is 2. The van der Waals surface area contributed by atoms with E-state index < -0.39 is 0 Å². The molecule has 2 rings (SSSR count). The fraction of sp³-hybridized carbons (Fsp3) is 0.385. The molecule has 1 aromatic carbocycles. The molecule has 96 valence electrons. The number of hydrogen-bond acceptors (Lipinski definition) is 4. The van der Waals surface area contributed by atoms with Crippen molar-refractivity contribution in [1.82, 2.24) is 4.90 Å². The minimum atomic E-state index is -0.209. The fourth-order valence-corrected chi connectivity index (χ4v) is 1.94. The average molecular weight is 248 g/mol. The summed E-state index contributed by atoms with van der Waals surface area (Å²) in [6, 6.07) is 7.13. The molecule has 2 N–H and O–H groups in total. The van der Waals surface area contributed by atoms with Crippen LogP contribution in [-0.2, 0) is 9.59 Å². The predicted molar refractivity (Wildman–Crippen MR) is 66.9 cm³/mol. The Bertz CT molecular complexity index is 473. The van der Waals surface area contributed by atoms with Crippen LogP contribution in [0.15, 0.2) is 24.3 Å². The molecular formula is C13H16N2O3. The molecule has 1 aliphatic rings. The molecule has 1 aromatic rings. The Morgan fingerprint density at radius 1 is 1.39 bits per heavy atom. The number of nitrogens with zero attached hydrogens (tertiary/aromatic N) is 1. The van der Waals surface area contributed by atoms with Gasteiger partial charge in [-0.05, 0) is 12.1 Å². The number of para-hydroxylation sites is 2. The van der Waals surface area contributed by atoms with Crippen LogP contribution in [0.4, 0.5) is 5.69 Å². The molecule has 1 aliphatic heterocycles. The molecule has 1 fully saturated rings. The van der Waals surface area contributed by atoms with Gasteiger partial charge in [-0.2, -0.15) is 0 Å². The first-order valence-electron chi connectivity index (χ1n) is 5.91. The highest BCUT2D eigenvalue weighted by molar-refractivity contribution is 6.03. The van der Waals surface area contributed by atoms with E-state index in [-0.39, 0.29) is 30.9 Å². The Balaban J connectivity index is 1.88. The summed E-state index contributed by atoms with van der Waals surface area (Å²) in [6.07, 6.45) is 0.298. The SMILES string of the molecule is CC1CC(=O)N(CCOc2ccccc2N)C1=O. The van der Waals surface area contributed by atoms with Crippen molar-refractivity contribution in [2.75, 3.05) is 18.9 Å². The van der Waals surface area contributed by atoms with E-state index in [4.69, 9.17) is 10.5 Å². The number of imide groups is 1. The predicted octanol–water partition coefficient (Wildman–Crippen LogP) is 1.04. The molecule has 1 unspecified atom stereocenters. The van der Waals surface area contributed by atoms with Gasteiger partial charge in [-0.15, -0.1) is 0 Å². The second-order valence-corrected chi connectivity index (χ2v) is 4.38. The number of hydrogen-bond donors (Lipinski definition) is 1. The minimum absolute atomic E-state index is 0.121. The molecule has 5 heteroatoms. The average Bonchev–Trinajstić information content (AvgIpc) is 2.58. The number of rotatable bonds is 4. The number of nitrogen functional groups attached to an aromatic ring is 1. The van der Waals surface area contributed by atoms with Gasteiger partial charge in [0.25, 0.3) is 0 Å². The molecular weight excluding hydrogens is 232 g/mol. The second-order valence-electron chi connectivity index (χ2n) is 4.38. The van der Waals surface area contributed by atoms with Gasteiger partial charge >= 0.3 is 0 Å². The Morgan fingerprint density at radius 2 is 2.11 bits per heavy atom. The van der Waals surface area contributed by atoms with Crippen LogP contribution in [0.3, 0.4) is 0 Å². The zero-order chi connectivity index (χ0) is 13.1.